The molecule has 3 fully saturated rings. The van der Waals surface area contributed by atoms with Crippen LogP contribution in [0.2, 0.25) is 0 Å². The first-order valence-corrected chi connectivity index (χ1v) is 17.5. The van der Waals surface area contributed by atoms with E-state index in [9.17, 15) is 9.59 Å². The molecule has 0 aliphatic heterocycles. The van der Waals surface area contributed by atoms with Crippen LogP contribution in [-0.2, 0) is 14.4 Å². The molecule has 8 unspecified atom stereocenters. The van der Waals surface area contributed by atoms with E-state index >= 15 is 0 Å². The zero-order valence-electron chi connectivity index (χ0n) is 27.8. The summed E-state index contributed by atoms with van der Waals surface area (Å²) in [7, 11) is 0. The van der Waals surface area contributed by atoms with Crippen molar-refractivity contribution >= 4 is 12.0 Å². The molecular weight excluding hydrogens is 540 g/mol. The minimum absolute atomic E-state index is 0.0265. The molecule has 0 spiro atoms. The molecule has 3 saturated carbocycles. The summed E-state index contributed by atoms with van der Waals surface area (Å²) in [5.74, 6) is 9.70. The maximum absolute atomic E-state index is 12.5. The van der Waals surface area contributed by atoms with Crippen molar-refractivity contribution in [3.05, 3.63) is 11.6 Å². The molecule has 8 atom stereocenters. The molecule has 4 rings (SSSR count). The molecule has 8 nitrogen and oxygen atoms in total. The van der Waals surface area contributed by atoms with Gasteiger partial charge in [-0.3, -0.25) is 9.63 Å². The fourth-order valence-corrected chi connectivity index (χ4v) is 9.89. The lowest BCUT2D eigenvalue weighted by Gasteiger charge is -2.58. The lowest BCUT2D eigenvalue weighted by atomic mass is 9.47. The van der Waals surface area contributed by atoms with Crippen LogP contribution >= 0.6 is 0 Å². The molecular formula is C35H62N4O4. The standard InChI is InChI=1S/C35H62N4O4/c1-24(2)8-6-9-25(3)29-12-13-30-28-11-10-26-22-27(14-16-34(26,4)31(28)15-17-35(29,30)5)43-33(41)39-21-20-37-18-7-19-38-32(40)23-42-36/h10,24-25,27-31,37H,6-9,11-23,36H2,1-5H3,(H,38,40)(H,39,41). The van der Waals surface area contributed by atoms with Crippen LogP contribution in [0, 0.1) is 46.3 Å². The van der Waals surface area contributed by atoms with Gasteiger partial charge in [-0.25, -0.2) is 10.7 Å². The summed E-state index contributed by atoms with van der Waals surface area (Å²) >= 11 is 0. The molecule has 2 amide bonds. The van der Waals surface area contributed by atoms with E-state index in [-0.39, 0.29) is 30.1 Å². The van der Waals surface area contributed by atoms with Crippen molar-refractivity contribution in [2.45, 2.75) is 118 Å². The number of hydrogen-bond acceptors (Lipinski definition) is 6. The molecule has 8 heteroatoms. The highest BCUT2D eigenvalue weighted by Gasteiger charge is 2.59. The third-order valence-corrected chi connectivity index (χ3v) is 12.2. The molecule has 0 aromatic heterocycles. The smallest absolute Gasteiger partial charge is 0.407 e. The molecule has 0 radical (unpaired) electrons. The second-order valence-corrected chi connectivity index (χ2v) is 15.3. The number of alkyl carbamates (subject to hydrolysis) is 1. The Hall–Kier alpha value is -1.64. The van der Waals surface area contributed by atoms with Crippen LogP contribution in [0.25, 0.3) is 0 Å². The third-order valence-electron chi connectivity index (χ3n) is 12.2. The number of rotatable bonds is 15. The van der Waals surface area contributed by atoms with Crippen LogP contribution in [0.5, 0.6) is 0 Å². The number of nitrogens with one attached hydrogen (secondary N) is 3. The molecule has 0 heterocycles. The summed E-state index contributed by atoms with van der Waals surface area (Å²) in [6.45, 7) is 14.8. The normalized spacial score (nSPS) is 34.0. The number of carbonyl (C=O) groups excluding carboxylic acids is 2. The van der Waals surface area contributed by atoms with Gasteiger partial charge in [0.15, 0.2) is 0 Å². The van der Waals surface area contributed by atoms with Crippen LogP contribution in [0.15, 0.2) is 11.6 Å². The van der Waals surface area contributed by atoms with E-state index < -0.39 is 0 Å². The fraction of sp³-hybridized carbons (Fsp3) is 0.886. The predicted molar refractivity (Wildman–Crippen MR) is 172 cm³/mol. The number of allylic oxidation sites excluding steroid dienone is 1. The number of hydrogen-bond donors (Lipinski definition) is 4. The van der Waals surface area contributed by atoms with Gasteiger partial charge in [0.05, 0.1) is 0 Å². The van der Waals surface area contributed by atoms with Crippen LogP contribution in [-0.4, -0.2) is 50.9 Å². The van der Waals surface area contributed by atoms with Crippen molar-refractivity contribution in [2.75, 3.05) is 32.8 Å². The zero-order valence-corrected chi connectivity index (χ0v) is 27.8. The highest BCUT2D eigenvalue weighted by atomic mass is 16.6. The molecule has 0 aromatic rings. The Kier molecular flexibility index (Phi) is 12.4. The number of ether oxygens (including phenoxy) is 1. The quantitative estimate of drug-likeness (QED) is 0.102. The second-order valence-electron chi connectivity index (χ2n) is 15.3. The summed E-state index contributed by atoms with van der Waals surface area (Å²) in [6, 6.07) is 0. The van der Waals surface area contributed by atoms with Gasteiger partial charge in [0, 0.05) is 26.1 Å². The van der Waals surface area contributed by atoms with E-state index in [4.69, 9.17) is 10.6 Å². The fourth-order valence-electron chi connectivity index (χ4n) is 9.89. The van der Waals surface area contributed by atoms with Crippen molar-refractivity contribution < 1.29 is 19.2 Å². The first-order valence-electron chi connectivity index (χ1n) is 17.5. The summed E-state index contributed by atoms with van der Waals surface area (Å²) in [5, 5.41) is 8.90. The minimum atomic E-state index is -0.313. The van der Waals surface area contributed by atoms with Gasteiger partial charge in [0.2, 0.25) is 5.91 Å². The summed E-state index contributed by atoms with van der Waals surface area (Å²) < 4.78 is 5.90. The molecule has 4 aliphatic carbocycles. The van der Waals surface area contributed by atoms with Crippen LogP contribution in [0.3, 0.4) is 0 Å². The average molecular weight is 603 g/mol. The SMILES string of the molecule is CC(C)CCCC(C)C1CCC2C3CC=C4CC(OC(=O)NCCNCCCNC(=O)CON)CCC4(C)C3CCC12C. The maximum Gasteiger partial charge on any atom is 0.407 e. The monoisotopic (exact) mass is 602 g/mol. The zero-order chi connectivity index (χ0) is 31.0. The Morgan fingerprint density at radius 2 is 1.77 bits per heavy atom. The molecule has 246 valence electrons. The molecule has 0 bridgehead atoms. The Balaban J connectivity index is 1.20. The van der Waals surface area contributed by atoms with Crippen molar-refractivity contribution in [2.24, 2.45) is 52.2 Å². The lowest BCUT2D eigenvalue weighted by Crippen LogP contribution is -2.51. The average Bonchev–Trinajstić information content (AvgIpc) is 3.32. The Morgan fingerprint density at radius 3 is 2.53 bits per heavy atom. The topological polar surface area (TPSA) is 115 Å². The van der Waals surface area contributed by atoms with Gasteiger partial charge in [0.25, 0.3) is 0 Å². The first kappa shape index (κ1) is 34.2. The number of carbonyl (C=O) groups is 2. The maximum atomic E-state index is 12.5. The van der Waals surface area contributed by atoms with Crippen LogP contribution in [0.1, 0.15) is 112 Å². The molecule has 4 aliphatic rings. The van der Waals surface area contributed by atoms with Crippen molar-refractivity contribution in [1.82, 2.24) is 16.0 Å². The lowest BCUT2D eigenvalue weighted by molar-refractivity contribution is -0.125. The van der Waals surface area contributed by atoms with E-state index in [0.717, 1.165) is 67.7 Å². The van der Waals surface area contributed by atoms with Crippen molar-refractivity contribution in [3.63, 3.8) is 0 Å². The Bertz CT molecular complexity index is 956. The van der Waals surface area contributed by atoms with Gasteiger partial charge >= 0.3 is 6.09 Å². The molecule has 5 N–H and O–H groups in total. The summed E-state index contributed by atoms with van der Waals surface area (Å²) in [5.41, 5.74) is 2.34. The summed E-state index contributed by atoms with van der Waals surface area (Å²) in [4.78, 5) is 28.1. The first-order chi connectivity index (χ1) is 20.6. The van der Waals surface area contributed by atoms with Crippen LogP contribution < -0.4 is 21.8 Å². The van der Waals surface area contributed by atoms with Crippen molar-refractivity contribution in [3.8, 4) is 0 Å². The highest BCUT2D eigenvalue weighted by molar-refractivity contribution is 5.77. The summed E-state index contributed by atoms with van der Waals surface area (Å²) in [6.07, 6.45) is 17.0. The van der Waals surface area contributed by atoms with Gasteiger partial charge in [-0.2, -0.15) is 0 Å². The Morgan fingerprint density at radius 1 is 0.953 bits per heavy atom. The molecule has 0 saturated heterocycles. The van der Waals surface area contributed by atoms with E-state index in [0.29, 0.717) is 25.0 Å². The van der Waals surface area contributed by atoms with Gasteiger partial charge in [-0.05, 0) is 104 Å². The molecule has 0 aromatic carbocycles. The van der Waals surface area contributed by atoms with Gasteiger partial charge in [-0.15, -0.1) is 0 Å². The number of fused-ring (bicyclic) bond motifs is 5. The van der Waals surface area contributed by atoms with E-state index in [1.165, 1.54) is 51.4 Å². The second kappa shape index (κ2) is 15.6. The van der Waals surface area contributed by atoms with E-state index in [1.54, 1.807) is 5.57 Å². The van der Waals surface area contributed by atoms with E-state index in [1.807, 2.05) is 0 Å². The van der Waals surface area contributed by atoms with Gasteiger partial charge in [-0.1, -0.05) is 65.5 Å². The third kappa shape index (κ3) is 8.35. The van der Waals surface area contributed by atoms with E-state index in [2.05, 4.69) is 61.5 Å². The minimum Gasteiger partial charge on any atom is -0.446 e. The van der Waals surface area contributed by atoms with Gasteiger partial charge in [0.1, 0.15) is 12.7 Å². The van der Waals surface area contributed by atoms with Crippen LogP contribution in [0.4, 0.5) is 4.79 Å². The Labute approximate surface area is 261 Å². The van der Waals surface area contributed by atoms with Crippen molar-refractivity contribution in [1.29, 1.82) is 0 Å². The number of nitrogens with two attached hydrogens (primary N) is 1. The van der Waals surface area contributed by atoms with Gasteiger partial charge < -0.3 is 20.7 Å². The molecule has 43 heavy (non-hydrogen) atoms. The number of amides is 2. The predicted octanol–water partition coefficient (Wildman–Crippen LogP) is 6.11. The highest BCUT2D eigenvalue weighted by Crippen LogP contribution is 2.67. The largest absolute Gasteiger partial charge is 0.446 e.